The first-order valence-corrected chi connectivity index (χ1v) is 11.0. The summed E-state index contributed by atoms with van der Waals surface area (Å²) < 4.78 is 3.24. The first-order chi connectivity index (χ1) is 4.31. The van der Waals surface area contributed by atoms with Crippen molar-refractivity contribution in [2.24, 2.45) is 0 Å². The van der Waals surface area contributed by atoms with E-state index in [1.165, 1.54) is 19.3 Å². The third-order valence-electron chi connectivity index (χ3n) is 1.63. The van der Waals surface area contributed by atoms with Crippen molar-refractivity contribution in [3.8, 4) is 0 Å². The van der Waals surface area contributed by atoms with Crippen molar-refractivity contribution < 1.29 is 0 Å². The summed E-state index contributed by atoms with van der Waals surface area (Å²) in [5.41, 5.74) is 0. The van der Waals surface area contributed by atoms with Gasteiger partial charge in [-0.15, -0.1) is 0 Å². The van der Waals surface area contributed by atoms with Gasteiger partial charge in [-0.25, -0.2) is 0 Å². The fourth-order valence-corrected chi connectivity index (χ4v) is 6.91. The van der Waals surface area contributed by atoms with Gasteiger partial charge in [0, 0.05) is 0 Å². The molecular formula is C8H19Sn. The van der Waals surface area contributed by atoms with Crippen LogP contribution in [0.25, 0.3) is 0 Å². The number of rotatable bonds is 5. The first-order valence-electron chi connectivity index (χ1n) is 4.12. The van der Waals surface area contributed by atoms with Crippen molar-refractivity contribution >= 4 is 19.8 Å². The minimum absolute atomic E-state index is 0.714. The summed E-state index contributed by atoms with van der Waals surface area (Å²) in [6.07, 6.45) is 4.35. The van der Waals surface area contributed by atoms with Crippen molar-refractivity contribution in [1.82, 2.24) is 0 Å². The van der Waals surface area contributed by atoms with Crippen LogP contribution >= 0.6 is 0 Å². The molecule has 0 saturated heterocycles. The van der Waals surface area contributed by atoms with E-state index in [4.69, 9.17) is 0 Å². The van der Waals surface area contributed by atoms with Gasteiger partial charge in [0.15, 0.2) is 0 Å². The maximum absolute atomic E-state index is 2.56. The SMILES string of the molecule is CCC[CH2][Sn]([CH3])[CH2]CC. The van der Waals surface area contributed by atoms with Crippen molar-refractivity contribution in [3.05, 3.63) is 0 Å². The Morgan fingerprint density at radius 3 is 2.11 bits per heavy atom. The van der Waals surface area contributed by atoms with Gasteiger partial charge in [-0.05, 0) is 0 Å². The average molecular weight is 234 g/mol. The van der Waals surface area contributed by atoms with Gasteiger partial charge in [-0.2, -0.15) is 0 Å². The molecule has 0 atom stereocenters. The summed E-state index contributed by atoms with van der Waals surface area (Å²) in [6, 6.07) is 0. The number of unbranched alkanes of at least 4 members (excludes halogenated alkanes) is 1. The van der Waals surface area contributed by atoms with Crippen LogP contribution in [0.3, 0.4) is 0 Å². The molecule has 0 unspecified atom stereocenters. The van der Waals surface area contributed by atoms with E-state index in [0.717, 1.165) is 0 Å². The molecule has 1 radical (unpaired) electrons. The molecule has 0 bridgehead atoms. The van der Waals surface area contributed by atoms with E-state index in [1.54, 1.807) is 8.87 Å². The monoisotopic (exact) mass is 235 g/mol. The third-order valence-corrected chi connectivity index (χ3v) is 8.94. The van der Waals surface area contributed by atoms with Crippen LogP contribution in [0.2, 0.25) is 13.8 Å². The van der Waals surface area contributed by atoms with Crippen LogP contribution in [0.15, 0.2) is 0 Å². The Morgan fingerprint density at radius 1 is 1.00 bits per heavy atom. The number of hydrogen-bond acceptors (Lipinski definition) is 0. The summed E-state index contributed by atoms with van der Waals surface area (Å²) >= 11 is -0.714. The molecule has 0 rings (SSSR count). The normalized spacial score (nSPS) is 10.7. The van der Waals surface area contributed by atoms with Gasteiger partial charge in [0.05, 0.1) is 0 Å². The molecule has 0 saturated carbocycles. The van der Waals surface area contributed by atoms with E-state index in [9.17, 15) is 0 Å². The molecule has 0 fully saturated rings. The number of hydrogen-bond donors (Lipinski definition) is 0. The quantitative estimate of drug-likeness (QED) is 0.640. The van der Waals surface area contributed by atoms with Gasteiger partial charge in [0.2, 0.25) is 0 Å². The standard InChI is InChI=1S/C4H9.C3H7.CH3.Sn/c1-3-4-2;1-3-2;;/h1,3-4H2,2H3;1,3H2,2H3;1H3;. The van der Waals surface area contributed by atoms with Crippen LogP contribution in [0.1, 0.15) is 33.1 Å². The van der Waals surface area contributed by atoms with Gasteiger partial charge in [-0.1, -0.05) is 0 Å². The molecule has 1 heteroatoms. The van der Waals surface area contributed by atoms with Gasteiger partial charge in [-0.3, -0.25) is 0 Å². The summed E-state index contributed by atoms with van der Waals surface area (Å²) in [5, 5.41) is 0. The molecule has 0 aliphatic carbocycles. The zero-order valence-corrected chi connectivity index (χ0v) is 9.89. The summed E-state index contributed by atoms with van der Waals surface area (Å²) in [7, 11) is 0. The van der Waals surface area contributed by atoms with Crippen molar-refractivity contribution in [3.63, 3.8) is 0 Å². The molecule has 0 aromatic heterocycles. The fourth-order valence-electron chi connectivity index (χ4n) is 1.03. The Hall–Kier alpha value is 0.799. The molecule has 0 aliphatic heterocycles. The van der Waals surface area contributed by atoms with Crippen LogP contribution in [-0.4, -0.2) is 19.8 Å². The van der Waals surface area contributed by atoms with E-state index in [2.05, 4.69) is 18.8 Å². The molecule has 0 aliphatic rings. The topological polar surface area (TPSA) is 0 Å². The van der Waals surface area contributed by atoms with Gasteiger partial charge >= 0.3 is 66.7 Å². The fraction of sp³-hybridized carbons (Fsp3) is 1.00. The molecule has 9 heavy (non-hydrogen) atoms. The zero-order valence-electron chi connectivity index (χ0n) is 7.04. The van der Waals surface area contributed by atoms with Gasteiger partial charge in [0.25, 0.3) is 0 Å². The van der Waals surface area contributed by atoms with Crippen LogP contribution in [0, 0.1) is 0 Å². The van der Waals surface area contributed by atoms with E-state index in [1.807, 2.05) is 0 Å². The average Bonchev–Trinajstić information content (AvgIpc) is 1.85. The molecular weight excluding hydrogens is 215 g/mol. The zero-order chi connectivity index (χ0) is 7.11. The van der Waals surface area contributed by atoms with Crippen LogP contribution in [0.5, 0.6) is 0 Å². The minimum atomic E-state index is -0.714. The summed E-state index contributed by atoms with van der Waals surface area (Å²) in [4.78, 5) is 2.56. The van der Waals surface area contributed by atoms with Crippen LogP contribution in [0.4, 0.5) is 0 Å². The van der Waals surface area contributed by atoms with Crippen molar-refractivity contribution in [2.45, 2.75) is 46.9 Å². The second-order valence-electron chi connectivity index (χ2n) is 2.81. The Balaban J connectivity index is 2.95. The predicted octanol–water partition coefficient (Wildman–Crippen LogP) is 3.32. The molecule has 0 spiro atoms. The summed E-state index contributed by atoms with van der Waals surface area (Å²) in [5.74, 6) is 0. The van der Waals surface area contributed by atoms with E-state index >= 15 is 0 Å². The maximum atomic E-state index is 2.56. The molecule has 0 amide bonds. The van der Waals surface area contributed by atoms with Gasteiger partial charge in [0.1, 0.15) is 0 Å². The molecule has 0 heterocycles. The molecule has 55 valence electrons. The van der Waals surface area contributed by atoms with Crippen molar-refractivity contribution in [1.29, 1.82) is 0 Å². The summed E-state index contributed by atoms with van der Waals surface area (Å²) in [6.45, 7) is 4.61. The van der Waals surface area contributed by atoms with Crippen LogP contribution in [-0.2, 0) is 0 Å². The van der Waals surface area contributed by atoms with Crippen molar-refractivity contribution in [2.75, 3.05) is 0 Å². The first kappa shape index (κ1) is 9.80. The van der Waals surface area contributed by atoms with E-state index < -0.39 is 19.8 Å². The Kier molecular flexibility index (Phi) is 7.53. The van der Waals surface area contributed by atoms with E-state index in [-0.39, 0.29) is 0 Å². The molecule has 0 N–H and O–H groups in total. The Bertz CT molecular complexity index is 52.5. The Morgan fingerprint density at radius 2 is 1.67 bits per heavy atom. The third kappa shape index (κ3) is 6.69. The van der Waals surface area contributed by atoms with Crippen LogP contribution < -0.4 is 0 Å². The molecule has 0 aromatic rings. The molecule has 0 aromatic carbocycles. The predicted molar refractivity (Wildman–Crippen MR) is 46.4 cm³/mol. The Labute approximate surface area is 66.8 Å². The molecule has 0 nitrogen and oxygen atoms in total. The second-order valence-corrected chi connectivity index (χ2v) is 11.1. The van der Waals surface area contributed by atoms with E-state index in [0.29, 0.717) is 0 Å². The second kappa shape index (κ2) is 6.91. The van der Waals surface area contributed by atoms with Gasteiger partial charge < -0.3 is 0 Å².